The van der Waals surface area contributed by atoms with Gasteiger partial charge in [-0.25, -0.2) is 4.79 Å². The van der Waals surface area contributed by atoms with Crippen LogP contribution < -0.4 is 0 Å². The van der Waals surface area contributed by atoms with Gasteiger partial charge in [0.2, 0.25) is 0 Å². The summed E-state index contributed by atoms with van der Waals surface area (Å²) in [6.07, 6.45) is 0.635. The number of hydrogen-bond acceptors (Lipinski definition) is 3. The summed E-state index contributed by atoms with van der Waals surface area (Å²) in [5.74, 6) is -0.302. The molecule has 1 heterocycles. The van der Waals surface area contributed by atoms with Crippen molar-refractivity contribution in [1.29, 1.82) is 0 Å². The van der Waals surface area contributed by atoms with Gasteiger partial charge in [0.15, 0.2) is 5.60 Å². The van der Waals surface area contributed by atoms with Crippen molar-refractivity contribution in [2.75, 3.05) is 13.2 Å². The molecule has 0 atom stereocenters. The van der Waals surface area contributed by atoms with Crippen LogP contribution in [0.4, 0.5) is 0 Å². The SMILES string of the molecule is C=C(CC)C(=O)OC1(C)COC1. The Hall–Kier alpha value is -0.830. The van der Waals surface area contributed by atoms with Gasteiger partial charge in [0.05, 0.1) is 13.2 Å². The molecule has 0 spiro atoms. The third-order valence-electron chi connectivity index (χ3n) is 1.87. The van der Waals surface area contributed by atoms with Gasteiger partial charge in [0, 0.05) is 5.57 Å². The smallest absolute Gasteiger partial charge is 0.334 e. The summed E-state index contributed by atoms with van der Waals surface area (Å²) >= 11 is 0. The maximum Gasteiger partial charge on any atom is 0.334 e. The molecule has 1 aliphatic heterocycles. The zero-order chi connectivity index (χ0) is 9.19. The highest BCUT2D eigenvalue weighted by atomic mass is 16.6. The summed E-state index contributed by atoms with van der Waals surface area (Å²) in [4.78, 5) is 11.2. The Bertz CT molecular complexity index is 204. The lowest BCUT2D eigenvalue weighted by atomic mass is 10.1. The maximum absolute atomic E-state index is 11.2. The Morgan fingerprint density at radius 3 is 2.58 bits per heavy atom. The first-order chi connectivity index (χ1) is 5.57. The van der Waals surface area contributed by atoms with Gasteiger partial charge in [0.25, 0.3) is 0 Å². The van der Waals surface area contributed by atoms with Crippen molar-refractivity contribution in [2.45, 2.75) is 25.9 Å². The molecule has 1 fully saturated rings. The number of esters is 1. The second kappa shape index (κ2) is 3.27. The van der Waals surface area contributed by atoms with E-state index in [1.807, 2.05) is 13.8 Å². The van der Waals surface area contributed by atoms with Crippen molar-refractivity contribution < 1.29 is 14.3 Å². The minimum atomic E-state index is -0.408. The van der Waals surface area contributed by atoms with E-state index >= 15 is 0 Å². The first-order valence-electron chi connectivity index (χ1n) is 4.06. The zero-order valence-electron chi connectivity index (χ0n) is 7.55. The molecular weight excluding hydrogens is 156 g/mol. The van der Waals surface area contributed by atoms with E-state index < -0.39 is 5.60 Å². The van der Waals surface area contributed by atoms with E-state index in [1.165, 1.54) is 0 Å². The van der Waals surface area contributed by atoms with Gasteiger partial charge in [-0.3, -0.25) is 0 Å². The Balaban J connectivity index is 2.40. The number of ether oxygens (including phenoxy) is 2. The monoisotopic (exact) mass is 170 g/mol. The van der Waals surface area contributed by atoms with Gasteiger partial charge in [-0.05, 0) is 13.3 Å². The average molecular weight is 170 g/mol. The van der Waals surface area contributed by atoms with Gasteiger partial charge in [-0.15, -0.1) is 0 Å². The van der Waals surface area contributed by atoms with Crippen LogP contribution >= 0.6 is 0 Å². The van der Waals surface area contributed by atoms with Crippen LogP contribution in [0.25, 0.3) is 0 Å². The summed E-state index contributed by atoms with van der Waals surface area (Å²) < 4.78 is 10.1. The summed E-state index contributed by atoms with van der Waals surface area (Å²) in [6.45, 7) is 8.33. The lowest BCUT2D eigenvalue weighted by Gasteiger charge is -2.37. The van der Waals surface area contributed by atoms with Crippen LogP contribution in [0.1, 0.15) is 20.3 Å². The van der Waals surface area contributed by atoms with Gasteiger partial charge >= 0.3 is 5.97 Å². The predicted molar refractivity (Wildman–Crippen MR) is 44.7 cm³/mol. The quantitative estimate of drug-likeness (QED) is 0.473. The molecule has 1 aliphatic rings. The molecule has 1 saturated heterocycles. The van der Waals surface area contributed by atoms with E-state index in [1.54, 1.807) is 0 Å². The van der Waals surface area contributed by atoms with E-state index in [4.69, 9.17) is 9.47 Å². The van der Waals surface area contributed by atoms with E-state index in [0.717, 1.165) is 0 Å². The highest BCUT2D eigenvalue weighted by Crippen LogP contribution is 2.22. The molecule has 0 amide bonds. The maximum atomic E-state index is 11.2. The van der Waals surface area contributed by atoms with E-state index in [0.29, 0.717) is 25.2 Å². The number of hydrogen-bond donors (Lipinski definition) is 0. The minimum Gasteiger partial charge on any atom is -0.451 e. The molecule has 12 heavy (non-hydrogen) atoms. The van der Waals surface area contributed by atoms with Crippen LogP contribution in [0.15, 0.2) is 12.2 Å². The van der Waals surface area contributed by atoms with E-state index in [-0.39, 0.29) is 5.97 Å². The van der Waals surface area contributed by atoms with Crippen LogP contribution in [-0.4, -0.2) is 24.8 Å². The lowest BCUT2D eigenvalue weighted by Crippen LogP contribution is -2.50. The van der Waals surface area contributed by atoms with Crippen molar-refractivity contribution >= 4 is 5.97 Å². The first-order valence-corrected chi connectivity index (χ1v) is 4.06. The van der Waals surface area contributed by atoms with Crippen molar-refractivity contribution in [3.05, 3.63) is 12.2 Å². The van der Waals surface area contributed by atoms with Gasteiger partial charge < -0.3 is 9.47 Å². The van der Waals surface area contributed by atoms with Crippen LogP contribution in [0.3, 0.4) is 0 Å². The number of carbonyl (C=O) groups is 1. The van der Waals surface area contributed by atoms with Crippen molar-refractivity contribution in [1.82, 2.24) is 0 Å². The molecule has 0 unspecified atom stereocenters. The molecule has 0 aromatic carbocycles. The Kier molecular flexibility index (Phi) is 2.52. The Morgan fingerprint density at radius 1 is 1.67 bits per heavy atom. The topological polar surface area (TPSA) is 35.5 Å². The molecule has 3 nitrogen and oxygen atoms in total. The average Bonchev–Trinajstić information content (AvgIpc) is 2.00. The van der Waals surface area contributed by atoms with Crippen molar-refractivity contribution in [3.63, 3.8) is 0 Å². The van der Waals surface area contributed by atoms with Crippen molar-refractivity contribution in [3.8, 4) is 0 Å². The fraction of sp³-hybridized carbons (Fsp3) is 0.667. The second-order valence-electron chi connectivity index (χ2n) is 3.29. The number of carbonyl (C=O) groups excluding carboxylic acids is 1. The van der Waals surface area contributed by atoms with Crippen LogP contribution in [0, 0.1) is 0 Å². The van der Waals surface area contributed by atoms with Gasteiger partial charge in [0.1, 0.15) is 0 Å². The molecule has 68 valence electrons. The van der Waals surface area contributed by atoms with Crippen LogP contribution in [0.2, 0.25) is 0 Å². The normalized spacial score (nSPS) is 19.5. The summed E-state index contributed by atoms with van der Waals surface area (Å²) in [7, 11) is 0. The highest BCUT2D eigenvalue weighted by molar-refractivity contribution is 5.87. The molecular formula is C9H14O3. The van der Waals surface area contributed by atoms with E-state index in [9.17, 15) is 4.79 Å². The standard InChI is InChI=1S/C9H14O3/c1-4-7(2)8(10)12-9(3)5-11-6-9/h2,4-6H2,1,3H3. The zero-order valence-corrected chi connectivity index (χ0v) is 7.55. The molecule has 0 N–H and O–H groups in total. The third kappa shape index (κ3) is 1.85. The summed E-state index contributed by atoms with van der Waals surface area (Å²) in [5.41, 5.74) is 0.109. The molecule has 0 bridgehead atoms. The predicted octanol–water partition coefficient (Wildman–Crippen LogP) is 1.28. The fourth-order valence-corrected chi connectivity index (χ4v) is 0.889. The molecule has 3 heteroatoms. The largest absolute Gasteiger partial charge is 0.451 e. The lowest BCUT2D eigenvalue weighted by molar-refractivity contribution is -0.202. The third-order valence-corrected chi connectivity index (χ3v) is 1.87. The first kappa shape index (κ1) is 9.26. The van der Waals surface area contributed by atoms with Gasteiger partial charge in [-0.1, -0.05) is 13.5 Å². The van der Waals surface area contributed by atoms with Crippen LogP contribution in [-0.2, 0) is 14.3 Å². The van der Waals surface area contributed by atoms with Crippen LogP contribution in [0.5, 0.6) is 0 Å². The highest BCUT2D eigenvalue weighted by Gasteiger charge is 2.37. The molecule has 1 rings (SSSR count). The molecule has 0 aromatic rings. The fourth-order valence-electron chi connectivity index (χ4n) is 0.889. The van der Waals surface area contributed by atoms with E-state index in [2.05, 4.69) is 6.58 Å². The Labute approximate surface area is 72.4 Å². The van der Waals surface area contributed by atoms with Gasteiger partial charge in [-0.2, -0.15) is 0 Å². The summed E-state index contributed by atoms with van der Waals surface area (Å²) in [5, 5.41) is 0. The minimum absolute atomic E-state index is 0.302. The van der Waals surface area contributed by atoms with Crippen molar-refractivity contribution in [2.24, 2.45) is 0 Å². The molecule has 0 aromatic heterocycles. The molecule has 0 radical (unpaired) electrons. The second-order valence-corrected chi connectivity index (χ2v) is 3.29. The summed E-state index contributed by atoms with van der Waals surface area (Å²) in [6, 6.07) is 0. The molecule has 0 saturated carbocycles. The Morgan fingerprint density at radius 2 is 2.25 bits per heavy atom. The molecule has 0 aliphatic carbocycles. The number of rotatable bonds is 3.